The maximum absolute atomic E-state index is 13.8. The Labute approximate surface area is 132 Å². The van der Waals surface area contributed by atoms with Crippen molar-refractivity contribution in [3.05, 3.63) is 34.7 Å². The maximum atomic E-state index is 13.8. The monoisotopic (exact) mass is 321 g/mol. The molecule has 2 aliphatic rings. The molecule has 8 nitrogen and oxygen atoms in total. The Morgan fingerprint density at radius 2 is 2.09 bits per heavy atom. The molecule has 0 unspecified atom stereocenters. The molecule has 3 rings (SSSR count). The molecule has 0 saturated carbocycles. The molecule has 122 valence electrons. The number of amides is 1. The number of anilines is 2. The van der Waals surface area contributed by atoms with Gasteiger partial charge in [0.05, 0.1) is 26.3 Å². The van der Waals surface area contributed by atoms with Crippen LogP contribution in [0.1, 0.15) is 0 Å². The Bertz CT molecular complexity index is 619. The minimum Gasteiger partial charge on any atom is -0.444 e. The molecule has 0 aromatic heterocycles. The number of halogens is 1. The number of ether oxygens (including phenoxy) is 2. The van der Waals surface area contributed by atoms with Crippen molar-refractivity contribution >= 4 is 17.5 Å². The van der Waals surface area contributed by atoms with Crippen LogP contribution in [-0.4, -0.2) is 51.3 Å². The first-order valence-corrected chi connectivity index (χ1v) is 7.26. The lowest BCUT2D eigenvalue weighted by Crippen LogP contribution is -2.42. The number of benzene rings is 1. The lowest BCUT2D eigenvalue weighted by atomic mass is 10.2. The number of nitrogens with zero attached hydrogens (tertiary/aromatic N) is 5. The molecule has 0 N–H and O–H groups in total. The number of azide groups is 1. The van der Waals surface area contributed by atoms with Crippen LogP contribution >= 0.6 is 0 Å². The molecule has 0 bridgehead atoms. The second-order valence-corrected chi connectivity index (χ2v) is 5.25. The predicted molar refractivity (Wildman–Crippen MR) is 81.1 cm³/mol. The number of carbonyl (C=O) groups excluding carboxylic acids is 1. The SMILES string of the molecule is [N-]=[N+]=NC[C@@H]1CN(c2ccc(N3CCOC[C@@H]3F)cc2)C(=O)O1. The number of cyclic esters (lactones) is 1. The summed E-state index contributed by atoms with van der Waals surface area (Å²) < 4.78 is 24.0. The van der Waals surface area contributed by atoms with Crippen molar-refractivity contribution in [1.82, 2.24) is 0 Å². The van der Waals surface area contributed by atoms with E-state index in [4.69, 9.17) is 15.0 Å². The summed E-state index contributed by atoms with van der Waals surface area (Å²) >= 11 is 0. The van der Waals surface area contributed by atoms with E-state index in [9.17, 15) is 9.18 Å². The van der Waals surface area contributed by atoms with Crippen molar-refractivity contribution < 1.29 is 18.7 Å². The quantitative estimate of drug-likeness (QED) is 0.368. The van der Waals surface area contributed by atoms with Crippen LogP contribution in [0.3, 0.4) is 0 Å². The number of carbonyl (C=O) groups is 1. The number of alkyl halides is 1. The standard InChI is InChI=1S/C14H16FN5O3/c15-13-9-22-6-5-19(13)10-1-3-11(4-2-10)20-8-12(7-17-18-16)23-14(20)21/h1-4,12-13H,5-9H2/t12-,13-/m1/s1. The molecule has 2 aliphatic heterocycles. The van der Waals surface area contributed by atoms with Crippen molar-refractivity contribution in [2.75, 3.05) is 42.6 Å². The van der Waals surface area contributed by atoms with Crippen LogP contribution in [-0.2, 0) is 9.47 Å². The number of rotatable bonds is 4. The van der Waals surface area contributed by atoms with Crippen molar-refractivity contribution in [1.29, 1.82) is 0 Å². The summed E-state index contributed by atoms with van der Waals surface area (Å²) in [5.41, 5.74) is 9.71. The van der Waals surface area contributed by atoms with Gasteiger partial charge in [-0.05, 0) is 29.8 Å². The van der Waals surface area contributed by atoms with Crippen LogP contribution < -0.4 is 9.80 Å². The summed E-state index contributed by atoms with van der Waals surface area (Å²) in [4.78, 5) is 17.6. The van der Waals surface area contributed by atoms with Gasteiger partial charge < -0.3 is 14.4 Å². The van der Waals surface area contributed by atoms with Gasteiger partial charge in [-0.25, -0.2) is 9.18 Å². The zero-order chi connectivity index (χ0) is 16.2. The van der Waals surface area contributed by atoms with Crippen LogP contribution in [0, 0.1) is 0 Å². The van der Waals surface area contributed by atoms with E-state index >= 15 is 0 Å². The Hall–Kier alpha value is -2.51. The minimum absolute atomic E-state index is 0.0568. The van der Waals surface area contributed by atoms with Gasteiger partial charge in [0.1, 0.15) is 6.10 Å². The first kappa shape index (κ1) is 15.4. The third-order valence-electron chi connectivity index (χ3n) is 3.79. The van der Waals surface area contributed by atoms with Crippen molar-refractivity contribution in [3.63, 3.8) is 0 Å². The van der Waals surface area contributed by atoms with Gasteiger partial charge in [-0.2, -0.15) is 0 Å². The molecule has 1 aromatic carbocycles. The summed E-state index contributed by atoms with van der Waals surface area (Å²) in [6, 6.07) is 7.02. The van der Waals surface area contributed by atoms with Gasteiger partial charge in [-0.15, -0.1) is 0 Å². The van der Waals surface area contributed by atoms with E-state index in [0.29, 0.717) is 25.4 Å². The first-order chi connectivity index (χ1) is 11.2. The number of morpholine rings is 1. The molecular weight excluding hydrogens is 305 g/mol. The largest absolute Gasteiger partial charge is 0.444 e. The van der Waals surface area contributed by atoms with Gasteiger partial charge in [0.2, 0.25) is 0 Å². The molecule has 2 fully saturated rings. The lowest BCUT2D eigenvalue weighted by Gasteiger charge is -2.32. The van der Waals surface area contributed by atoms with E-state index in [1.807, 2.05) is 0 Å². The molecule has 2 saturated heterocycles. The summed E-state index contributed by atoms with van der Waals surface area (Å²) in [6.45, 7) is 1.46. The molecule has 2 atom stereocenters. The summed E-state index contributed by atoms with van der Waals surface area (Å²) in [7, 11) is 0. The fourth-order valence-electron chi connectivity index (χ4n) is 2.64. The molecule has 0 spiro atoms. The fourth-order valence-corrected chi connectivity index (χ4v) is 2.64. The van der Waals surface area contributed by atoms with E-state index in [-0.39, 0.29) is 13.2 Å². The van der Waals surface area contributed by atoms with Crippen molar-refractivity contribution in [2.45, 2.75) is 12.4 Å². The van der Waals surface area contributed by atoms with Gasteiger partial charge in [0.25, 0.3) is 0 Å². The number of hydrogen-bond donors (Lipinski definition) is 0. The molecular formula is C14H16FN5O3. The Balaban J connectivity index is 1.69. The second kappa shape index (κ2) is 6.72. The van der Waals surface area contributed by atoms with Crippen LogP contribution in [0.15, 0.2) is 29.4 Å². The molecule has 1 amide bonds. The smallest absolute Gasteiger partial charge is 0.414 e. The molecule has 1 aromatic rings. The Kier molecular flexibility index (Phi) is 4.50. The first-order valence-electron chi connectivity index (χ1n) is 7.26. The number of hydrogen-bond acceptors (Lipinski definition) is 5. The summed E-state index contributed by atoms with van der Waals surface area (Å²) in [6.07, 6.45) is -2.10. The zero-order valence-electron chi connectivity index (χ0n) is 12.3. The highest BCUT2D eigenvalue weighted by Crippen LogP contribution is 2.27. The topological polar surface area (TPSA) is 90.8 Å². The lowest BCUT2D eigenvalue weighted by molar-refractivity contribution is 0.0497. The van der Waals surface area contributed by atoms with Crippen molar-refractivity contribution in [2.24, 2.45) is 5.11 Å². The Morgan fingerprint density at radius 1 is 1.35 bits per heavy atom. The van der Waals surface area contributed by atoms with E-state index in [1.54, 1.807) is 29.2 Å². The fraction of sp³-hybridized carbons (Fsp3) is 0.500. The van der Waals surface area contributed by atoms with Gasteiger partial charge in [-0.1, -0.05) is 5.11 Å². The van der Waals surface area contributed by atoms with E-state index in [0.717, 1.165) is 5.69 Å². The van der Waals surface area contributed by atoms with Gasteiger partial charge in [0, 0.05) is 22.8 Å². The van der Waals surface area contributed by atoms with Gasteiger partial charge in [-0.3, -0.25) is 4.90 Å². The normalized spacial score (nSPS) is 24.3. The van der Waals surface area contributed by atoms with Crippen LogP contribution in [0.4, 0.5) is 20.6 Å². The second-order valence-electron chi connectivity index (χ2n) is 5.25. The molecule has 9 heteroatoms. The molecule has 0 radical (unpaired) electrons. The third-order valence-corrected chi connectivity index (χ3v) is 3.79. The average Bonchev–Trinajstić information content (AvgIpc) is 2.94. The maximum Gasteiger partial charge on any atom is 0.414 e. The van der Waals surface area contributed by atoms with Crippen LogP contribution in [0.25, 0.3) is 10.4 Å². The zero-order valence-corrected chi connectivity index (χ0v) is 12.3. The van der Waals surface area contributed by atoms with E-state index in [1.165, 1.54) is 4.90 Å². The summed E-state index contributed by atoms with van der Waals surface area (Å²) in [5.74, 6) is 0. The third kappa shape index (κ3) is 3.30. The Morgan fingerprint density at radius 3 is 2.78 bits per heavy atom. The predicted octanol–water partition coefficient (Wildman–Crippen LogP) is 2.45. The highest BCUT2D eigenvalue weighted by Gasteiger charge is 2.32. The van der Waals surface area contributed by atoms with Crippen molar-refractivity contribution in [3.8, 4) is 0 Å². The highest BCUT2D eigenvalue weighted by atomic mass is 19.1. The molecule has 23 heavy (non-hydrogen) atoms. The summed E-state index contributed by atoms with van der Waals surface area (Å²) in [5, 5.41) is 3.42. The van der Waals surface area contributed by atoms with Crippen LogP contribution in [0.5, 0.6) is 0 Å². The minimum atomic E-state index is -1.17. The van der Waals surface area contributed by atoms with E-state index in [2.05, 4.69) is 10.0 Å². The average molecular weight is 321 g/mol. The molecule has 0 aliphatic carbocycles. The van der Waals surface area contributed by atoms with Gasteiger partial charge in [0.15, 0.2) is 6.30 Å². The molecule has 2 heterocycles. The highest BCUT2D eigenvalue weighted by molar-refractivity contribution is 5.90. The van der Waals surface area contributed by atoms with E-state index < -0.39 is 18.5 Å². The van der Waals surface area contributed by atoms with Gasteiger partial charge >= 0.3 is 6.09 Å². The van der Waals surface area contributed by atoms with Crippen LogP contribution in [0.2, 0.25) is 0 Å².